The van der Waals surface area contributed by atoms with Crippen molar-refractivity contribution in [2.75, 3.05) is 18.2 Å². The Morgan fingerprint density at radius 2 is 2.00 bits per heavy atom. The SMILES string of the molecule is COC(=O)C(C)Nc1ncc(-c2ccc(N)cc2)c2cccc(C#N)c12. The summed E-state index contributed by atoms with van der Waals surface area (Å²) in [7, 11) is 1.33. The van der Waals surface area contributed by atoms with Gasteiger partial charge in [0.25, 0.3) is 0 Å². The number of ether oxygens (including phenoxy) is 1. The van der Waals surface area contributed by atoms with Gasteiger partial charge in [-0.1, -0.05) is 24.3 Å². The molecule has 0 saturated carbocycles. The molecule has 2 aromatic carbocycles. The number of nitrogens with zero attached hydrogens (tertiary/aromatic N) is 2. The molecule has 0 fully saturated rings. The van der Waals surface area contributed by atoms with E-state index in [0.29, 0.717) is 22.5 Å². The Morgan fingerprint density at radius 1 is 1.27 bits per heavy atom. The minimum Gasteiger partial charge on any atom is -0.467 e. The monoisotopic (exact) mass is 346 g/mol. The number of fused-ring (bicyclic) bond motifs is 1. The lowest BCUT2D eigenvalue weighted by Gasteiger charge is -2.16. The molecule has 6 nitrogen and oxygen atoms in total. The summed E-state index contributed by atoms with van der Waals surface area (Å²) in [6, 6.07) is 14.6. The van der Waals surface area contributed by atoms with Crippen molar-refractivity contribution >= 4 is 28.2 Å². The Morgan fingerprint density at radius 3 is 2.65 bits per heavy atom. The van der Waals surface area contributed by atoms with Crippen molar-refractivity contribution in [3.05, 3.63) is 54.2 Å². The van der Waals surface area contributed by atoms with Crippen molar-refractivity contribution in [1.82, 2.24) is 4.98 Å². The number of nitrogens with two attached hydrogens (primary N) is 1. The topological polar surface area (TPSA) is 101 Å². The summed E-state index contributed by atoms with van der Waals surface area (Å²) >= 11 is 0. The summed E-state index contributed by atoms with van der Waals surface area (Å²) in [4.78, 5) is 16.2. The molecule has 3 N–H and O–H groups in total. The number of esters is 1. The molecule has 1 heterocycles. The summed E-state index contributed by atoms with van der Waals surface area (Å²) in [5.41, 5.74) is 8.75. The Labute approximate surface area is 151 Å². The second kappa shape index (κ2) is 7.11. The number of carbonyl (C=O) groups is 1. The van der Waals surface area contributed by atoms with Crippen molar-refractivity contribution < 1.29 is 9.53 Å². The Balaban J connectivity index is 2.20. The van der Waals surface area contributed by atoms with E-state index < -0.39 is 12.0 Å². The third-order valence-corrected chi connectivity index (χ3v) is 4.16. The molecule has 0 radical (unpaired) electrons. The molecule has 1 unspecified atom stereocenters. The highest BCUT2D eigenvalue weighted by Crippen LogP contribution is 2.34. The third-order valence-electron chi connectivity index (χ3n) is 4.16. The van der Waals surface area contributed by atoms with Crippen molar-refractivity contribution in [1.29, 1.82) is 5.26 Å². The van der Waals surface area contributed by atoms with Crippen molar-refractivity contribution in [2.45, 2.75) is 13.0 Å². The highest BCUT2D eigenvalue weighted by atomic mass is 16.5. The van der Waals surface area contributed by atoms with Crippen LogP contribution in [0.15, 0.2) is 48.7 Å². The fraction of sp³-hybridized carbons (Fsp3) is 0.150. The van der Waals surface area contributed by atoms with Gasteiger partial charge in [0, 0.05) is 22.8 Å². The van der Waals surface area contributed by atoms with Crippen LogP contribution in [-0.4, -0.2) is 24.1 Å². The first-order chi connectivity index (χ1) is 12.5. The van der Waals surface area contributed by atoms with Gasteiger partial charge in [-0.25, -0.2) is 9.78 Å². The van der Waals surface area contributed by atoms with Crippen LogP contribution in [0.3, 0.4) is 0 Å². The zero-order valence-electron chi connectivity index (χ0n) is 14.5. The maximum Gasteiger partial charge on any atom is 0.328 e. The van der Waals surface area contributed by atoms with Gasteiger partial charge in [0.15, 0.2) is 0 Å². The predicted octanol–water partition coefficient (Wildman–Crippen LogP) is 3.33. The minimum absolute atomic E-state index is 0.406. The number of methoxy groups -OCH3 is 1. The molecule has 26 heavy (non-hydrogen) atoms. The predicted molar refractivity (Wildman–Crippen MR) is 101 cm³/mol. The number of nitrogens with one attached hydrogen (secondary N) is 1. The van der Waals surface area contributed by atoms with E-state index in [9.17, 15) is 10.1 Å². The first-order valence-electron chi connectivity index (χ1n) is 8.07. The van der Waals surface area contributed by atoms with Crippen LogP contribution in [0.5, 0.6) is 0 Å². The van der Waals surface area contributed by atoms with E-state index in [2.05, 4.69) is 16.4 Å². The Bertz CT molecular complexity index is 1010. The van der Waals surface area contributed by atoms with Crippen LogP contribution < -0.4 is 11.1 Å². The first kappa shape index (κ1) is 17.2. The van der Waals surface area contributed by atoms with Crippen molar-refractivity contribution in [3.8, 4) is 17.2 Å². The van der Waals surface area contributed by atoms with Gasteiger partial charge in [0.05, 0.1) is 18.7 Å². The highest BCUT2D eigenvalue weighted by Gasteiger charge is 2.18. The summed E-state index contributed by atoms with van der Waals surface area (Å²) in [6.45, 7) is 1.68. The molecule has 0 amide bonds. The zero-order valence-corrected chi connectivity index (χ0v) is 14.5. The largest absolute Gasteiger partial charge is 0.467 e. The van der Waals surface area contributed by atoms with Crippen LogP contribution in [0.2, 0.25) is 0 Å². The van der Waals surface area contributed by atoms with Crippen molar-refractivity contribution in [2.24, 2.45) is 0 Å². The fourth-order valence-corrected chi connectivity index (χ4v) is 2.83. The summed E-state index contributed by atoms with van der Waals surface area (Å²) in [5.74, 6) is 0.0613. The summed E-state index contributed by atoms with van der Waals surface area (Å²) in [6.07, 6.45) is 1.72. The fourth-order valence-electron chi connectivity index (χ4n) is 2.83. The van der Waals surface area contributed by atoms with Gasteiger partial charge in [-0.3, -0.25) is 0 Å². The van der Waals surface area contributed by atoms with E-state index in [1.165, 1.54) is 7.11 Å². The molecule has 0 spiro atoms. The number of rotatable bonds is 4. The molecular formula is C20H18N4O2. The van der Waals surface area contributed by atoms with E-state index in [0.717, 1.165) is 16.5 Å². The standard InChI is InChI=1S/C20H18N4O2/c1-12(20(25)26-2)24-19-18-14(10-21)4-3-5-16(18)17(11-23-19)13-6-8-15(22)9-7-13/h3-9,11-12H,22H2,1-2H3,(H,23,24). The second-order valence-corrected chi connectivity index (χ2v) is 5.87. The van der Waals surface area contributed by atoms with E-state index in [4.69, 9.17) is 10.5 Å². The van der Waals surface area contributed by atoms with Crippen molar-refractivity contribution in [3.63, 3.8) is 0 Å². The van der Waals surface area contributed by atoms with E-state index in [1.807, 2.05) is 36.4 Å². The molecule has 3 aromatic rings. The number of nitriles is 1. The lowest BCUT2D eigenvalue weighted by molar-refractivity contribution is -0.141. The summed E-state index contributed by atoms with van der Waals surface area (Å²) < 4.78 is 4.75. The third kappa shape index (κ3) is 3.15. The lowest BCUT2D eigenvalue weighted by atomic mass is 9.97. The lowest BCUT2D eigenvalue weighted by Crippen LogP contribution is -2.27. The molecule has 0 bridgehead atoms. The van der Waals surface area contributed by atoms with Crippen LogP contribution in [0.25, 0.3) is 21.9 Å². The molecule has 3 rings (SSSR count). The Hall–Kier alpha value is -3.59. The highest BCUT2D eigenvalue weighted by molar-refractivity contribution is 6.05. The van der Waals surface area contributed by atoms with Gasteiger partial charge in [-0.15, -0.1) is 0 Å². The molecule has 1 aromatic heterocycles. The van der Waals surface area contributed by atoms with Crippen LogP contribution in [0.1, 0.15) is 12.5 Å². The number of hydrogen-bond donors (Lipinski definition) is 2. The molecule has 0 aliphatic rings. The average molecular weight is 346 g/mol. The van der Waals surface area contributed by atoms with Gasteiger partial charge in [0.2, 0.25) is 0 Å². The normalized spacial score (nSPS) is 11.6. The number of anilines is 2. The van der Waals surface area contributed by atoms with Gasteiger partial charge in [0.1, 0.15) is 11.9 Å². The zero-order chi connectivity index (χ0) is 18.7. The van der Waals surface area contributed by atoms with Gasteiger partial charge in [-0.2, -0.15) is 5.26 Å². The van der Waals surface area contributed by atoms with Crippen LogP contribution in [0, 0.1) is 11.3 Å². The number of aromatic nitrogens is 1. The van der Waals surface area contributed by atoms with Crippen LogP contribution >= 0.6 is 0 Å². The number of pyridine rings is 1. The van der Waals surface area contributed by atoms with E-state index in [1.54, 1.807) is 19.2 Å². The minimum atomic E-state index is -0.593. The number of hydrogen-bond acceptors (Lipinski definition) is 6. The second-order valence-electron chi connectivity index (χ2n) is 5.87. The molecule has 1 atom stereocenters. The molecule has 0 saturated heterocycles. The first-order valence-corrected chi connectivity index (χ1v) is 8.07. The number of carbonyl (C=O) groups excluding carboxylic acids is 1. The smallest absolute Gasteiger partial charge is 0.328 e. The molecule has 0 aliphatic heterocycles. The van der Waals surface area contributed by atoms with Crippen LogP contribution in [0.4, 0.5) is 11.5 Å². The van der Waals surface area contributed by atoms with E-state index in [-0.39, 0.29) is 0 Å². The quantitative estimate of drug-likeness (QED) is 0.555. The van der Waals surface area contributed by atoms with Gasteiger partial charge < -0.3 is 15.8 Å². The average Bonchev–Trinajstić information content (AvgIpc) is 2.67. The van der Waals surface area contributed by atoms with Gasteiger partial charge >= 0.3 is 5.97 Å². The van der Waals surface area contributed by atoms with Gasteiger partial charge in [-0.05, 0) is 36.1 Å². The van der Waals surface area contributed by atoms with Crippen LogP contribution in [-0.2, 0) is 9.53 Å². The molecular weight excluding hydrogens is 328 g/mol. The number of benzene rings is 2. The van der Waals surface area contributed by atoms with E-state index >= 15 is 0 Å². The maximum atomic E-state index is 11.7. The number of nitrogen functional groups attached to an aromatic ring is 1. The summed E-state index contributed by atoms with van der Waals surface area (Å²) in [5, 5.41) is 14.1. The molecule has 6 heteroatoms. The Kier molecular flexibility index (Phi) is 4.72. The molecule has 0 aliphatic carbocycles. The molecule has 130 valence electrons. The maximum absolute atomic E-state index is 11.7.